The molecule has 1 rings (SSSR count). The Balaban J connectivity index is 2.95. The zero-order chi connectivity index (χ0) is 21.8. The molecule has 0 aromatic carbocycles. The minimum absolute atomic E-state index is 0.193. The Morgan fingerprint density at radius 2 is 2.10 bits per heavy atom. The molecule has 0 spiro atoms. The van der Waals surface area contributed by atoms with Gasteiger partial charge in [-0.2, -0.15) is 0 Å². The average molecular weight is 395 g/mol. The average Bonchev–Trinajstić information content (AvgIpc) is 2.70. The quantitative estimate of drug-likeness (QED) is 0.309. The monoisotopic (exact) mass is 394 g/mol. The van der Waals surface area contributed by atoms with Crippen molar-refractivity contribution in [2.75, 3.05) is 7.05 Å². The first-order valence-corrected chi connectivity index (χ1v) is 9.52. The van der Waals surface area contributed by atoms with Gasteiger partial charge in [0.2, 0.25) is 5.91 Å². The minimum Gasteiger partial charge on any atom is -0.481 e. The lowest BCUT2D eigenvalue weighted by molar-refractivity contribution is -0.149. The summed E-state index contributed by atoms with van der Waals surface area (Å²) in [4.78, 5) is 29.0. The lowest BCUT2D eigenvalue weighted by Gasteiger charge is -2.31. The van der Waals surface area contributed by atoms with Gasteiger partial charge < -0.3 is 5.11 Å². The molecule has 1 aliphatic heterocycles. The third-order valence-electron chi connectivity index (χ3n) is 4.68. The Kier molecular flexibility index (Phi) is 10.1. The Morgan fingerprint density at radius 3 is 2.66 bits per heavy atom. The number of carbonyl (C=O) groups excluding carboxylic acids is 1. The van der Waals surface area contributed by atoms with Crippen molar-refractivity contribution in [2.45, 2.75) is 26.2 Å². The van der Waals surface area contributed by atoms with Crippen LogP contribution in [0.3, 0.4) is 0 Å². The van der Waals surface area contributed by atoms with Crippen LogP contribution in [0.15, 0.2) is 90.3 Å². The topological polar surface area (TPSA) is 70.0 Å². The maximum Gasteiger partial charge on any atom is 0.316 e. The Hall–Kier alpha value is -3.21. The molecule has 29 heavy (non-hydrogen) atoms. The van der Waals surface area contributed by atoms with Gasteiger partial charge in [0.25, 0.3) is 0 Å². The zero-order valence-corrected chi connectivity index (χ0v) is 17.3. The fourth-order valence-electron chi connectivity index (χ4n) is 3.14. The van der Waals surface area contributed by atoms with Crippen LogP contribution in [0, 0.1) is 11.8 Å². The summed E-state index contributed by atoms with van der Waals surface area (Å²) in [7, 11) is 1.73. The molecule has 0 aromatic heterocycles. The van der Waals surface area contributed by atoms with E-state index in [9.17, 15) is 14.7 Å². The van der Waals surface area contributed by atoms with Crippen molar-refractivity contribution in [1.82, 2.24) is 4.90 Å². The Labute approximate surface area is 173 Å². The first kappa shape index (κ1) is 23.8. The number of rotatable bonds is 11. The van der Waals surface area contributed by atoms with Crippen LogP contribution in [-0.2, 0) is 9.59 Å². The lowest BCUT2D eigenvalue weighted by atomic mass is 9.89. The normalized spacial score (nSPS) is 19.4. The predicted octanol–water partition coefficient (Wildman–Crippen LogP) is 4.84. The number of carboxylic acid groups (broad SMARTS) is 1. The number of hydrogen-bond acceptors (Lipinski definition) is 3. The van der Waals surface area contributed by atoms with E-state index >= 15 is 0 Å². The maximum atomic E-state index is 12.3. The van der Waals surface area contributed by atoms with Crippen LogP contribution in [-0.4, -0.2) is 35.1 Å². The zero-order valence-electron chi connectivity index (χ0n) is 17.3. The van der Waals surface area contributed by atoms with E-state index in [1.165, 1.54) is 11.1 Å². The van der Waals surface area contributed by atoms with Gasteiger partial charge in [-0.05, 0) is 48.5 Å². The summed E-state index contributed by atoms with van der Waals surface area (Å²) in [5.41, 5.74) is 2.62. The first-order chi connectivity index (χ1) is 13.9. The smallest absolute Gasteiger partial charge is 0.316 e. The molecular formula is C24H30N2O3. The van der Waals surface area contributed by atoms with Crippen molar-refractivity contribution < 1.29 is 14.7 Å². The number of hydrogen-bond donors (Lipinski definition) is 1. The highest BCUT2D eigenvalue weighted by Crippen LogP contribution is 2.31. The molecule has 1 aliphatic rings. The predicted molar refractivity (Wildman–Crippen MR) is 119 cm³/mol. The summed E-state index contributed by atoms with van der Waals surface area (Å²) in [5, 5.41) is 9.38. The molecule has 1 heterocycles. The molecule has 5 heteroatoms. The van der Waals surface area contributed by atoms with Crippen LogP contribution in [0.1, 0.15) is 26.2 Å². The van der Waals surface area contributed by atoms with Crippen LogP contribution in [0.2, 0.25) is 0 Å². The van der Waals surface area contributed by atoms with Gasteiger partial charge in [0.15, 0.2) is 0 Å². The molecule has 1 amide bonds. The number of aliphatic carboxylic acids is 1. The molecule has 0 radical (unpaired) electrons. The van der Waals surface area contributed by atoms with Crippen molar-refractivity contribution in [3.8, 4) is 0 Å². The number of nitrogens with zero attached hydrogens (tertiary/aromatic N) is 2. The second kappa shape index (κ2) is 12.3. The highest BCUT2D eigenvalue weighted by Gasteiger charge is 2.36. The number of amides is 1. The number of carbonyl (C=O) groups is 2. The maximum absolute atomic E-state index is 12.3. The van der Waals surface area contributed by atoms with Crippen LogP contribution in [0.5, 0.6) is 0 Å². The van der Waals surface area contributed by atoms with Crippen molar-refractivity contribution in [3.63, 3.8) is 0 Å². The molecule has 0 bridgehead atoms. The summed E-state index contributed by atoms with van der Waals surface area (Å²) in [5.74, 6) is -2.48. The van der Waals surface area contributed by atoms with Gasteiger partial charge in [0, 0.05) is 25.2 Å². The fraction of sp³-hybridized carbons (Fsp3) is 0.292. The number of carboxylic acids is 1. The molecule has 0 aliphatic carbocycles. The van der Waals surface area contributed by atoms with Gasteiger partial charge in [0.1, 0.15) is 5.92 Å². The lowest BCUT2D eigenvalue weighted by Crippen LogP contribution is -2.39. The largest absolute Gasteiger partial charge is 0.481 e. The molecule has 0 aromatic rings. The van der Waals surface area contributed by atoms with E-state index in [4.69, 9.17) is 0 Å². The highest BCUT2D eigenvalue weighted by molar-refractivity contribution is 5.99. The van der Waals surface area contributed by atoms with Crippen molar-refractivity contribution in [2.24, 2.45) is 16.8 Å². The third kappa shape index (κ3) is 6.71. The summed E-state index contributed by atoms with van der Waals surface area (Å²) in [6.07, 6.45) is 18.0. The minimum atomic E-state index is -1.12. The Morgan fingerprint density at radius 1 is 1.38 bits per heavy atom. The van der Waals surface area contributed by atoms with E-state index in [1.54, 1.807) is 25.4 Å². The van der Waals surface area contributed by atoms with Crippen molar-refractivity contribution >= 4 is 18.1 Å². The van der Waals surface area contributed by atoms with Crippen LogP contribution in [0.4, 0.5) is 0 Å². The van der Waals surface area contributed by atoms with Crippen LogP contribution < -0.4 is 0 Å². The summed E-state index contributed by atoms with van der Waals surface area (Å²) < 4.78 is 0. The van der Waals surface area contributed by atoms with E-state index in [1.807, 2.05) is 24.3 Å². The molecule has 0 fully saturated rings. The second-order valence-corrected chi connectivity index (χ2v) is 6.60. The van der Waals surface area contributed by atoms with E-state index < -0.39 is 17.8 Å². The second-order valence-electron chi connectivity index (χ2n) is 6.60. The summed E-state index contributed by atoms with van der Waals surface area (Å²) in [6, 6.07) is 0. The van der Waals surface area contributed by atoms with Crippen LogP contribution >= 0.6 is 0 Å². The molecular weight excluding hydrogens is 364 g/mol. The molecule has 2 atom stereocenters. The van der Waals surface area contributed by atoms with Gasteiger partial charge in [-0.15, -0.1) is 0 Å². The van der Waals surface area contributed by atoms with Gasteiger partial charge in [-0.3, -0.25) is 19.5 Å². The summed E-state index contributed by atoms with van der Waals surface area (Å²) in [6.45, 7) is 13.3. The molecule has 2 unspecified atom stereocenters. The van der Waals surface area contributed by atoms with Gasteiger partial charge in [0.05, 0.1) is 0 Å². The fourth-order valence-corrected chi connectivity index (χ4v) is 3.14. The molecule has 0 saturated carbocycles. The highest BCUT2D eigenvalue weighted by atomic mass is 16.4. The number of allylic oxidation sites excluding steroid dienone is 9. The van der Waals surface area contributed by atoms with E-state index in [0.29, 0.717) is 18.5 Å². The summed E-state index contributed by atoms with van der Waals surface area (Å²) >= 11 is 0. The van der Waals surface area contributed by atoms with E-state index in [0.717, 1.165) is 11.1 Å². The first-order valence-electron chi connectivity index (χ1n) is 9.52. The molecule has 0 saturated heterocycles. The number of aliphatic imine (C=N–C) groups is 1. The van der Waals surface area contributed by atoms with Gasteiger partial charge in [-0.25, -0.2) is 0 Å². The SMILES string of the molecule is C=C/C=C(\C=C/CCC1=C(C=C)N(C=C)C(=O)C(C(=O)O)C1)C(C)/C=C\C=NC. The van der Waals surface area contributed by atoms with E-state index in [-0.39, 0.29) is 12.3 Å². The standard InChI is InChI=1S/C24H30N2O3/c1-6-12-19(18(4)13-11-16-25-5)14-9-10-15-20-17-21(24(28)29)23(27)26(8-3)22(20)7-2/h6-9,11-14,16,18,21H,1-3,10,15,17H2,4-5H3,(H,28,29)/b13-11-,14-9-,19-12+,25-16?. The molecule has 5 nitrogen and oxygen atoms in total. The van der Waals surface area contributed by atoms with Gasteiger partial charge in [-0.1, -0.05) is 57.0 Å². The van der Waals surface area contributed by atoms with Crippen molar-refractivity contribution in [3.05, 3.63) is 85.3 Å². The third-order valence-corrected chi connectivity index (χ3v) is 4.68. The van der Waals surface area contributed by atoms with Gasteiger partial charge >= 0.3 is 5.97 Å². The van der Waals surface area contributed by atoms with Crippen molar-refractivity contribution in [1.29, 1.82) is 0 Å². The van der Waals surface area contributed by atoms with Crippen LogP contribution in [0.25, 0.3) is 0 Å². The Bertz CT molecular complexity index is 797. The molecule has 1 N–H and O–H groups in total. The molecule has 154 valence electrons. The van der Waals surface area contributed by atoms with E-state index in [2.05, 4.69) is 37.7 Å².